The number of aliphatic imine (C=N–C) groups is 2. The standard InChI is InChI=1S/C5H8N4S2/c1-10-5(11-2)9-4(7)8-3-6/h1-2H3,(H2,7,8). The molecule has 0 unspecified atom stereocenters. The first kappa shape index (κ1) is 10.3. The molecule has 0 bridgehead atoms. The third-order valence-corrected chi connectivity index (χ3v) is 2.60. The zero-order valence-corrected chi connectivity index (χ0v) is 7.87. The normalized spacial score (nSPS) is 10.5. The first-order valence-electron chi connectivity index (χ1n) is 2.63. The van der Waals surface area contributed by atoms with Crippen LogP contribution in [0.15, 0.2) is 9.98 Å². The summed E-state index contributed by atoms with van der Waals surface area (Å²) >= 11 is 2.93. The van der Waals surface area contributed by atoms with Crippen LogP contribution in [-0.2, 0) is 0 Å². The number of rotatable bonds is 0. The Bertz CT molecular complexity index is 209. The predicted octanol–water partition coefficient (Wildman–Crippen LogP) is 0.864. The fourth-order valence-corrected chi connectivity index (χ4v) is 1.38. The zero-order valence-electron chi connectivity index (χ0n) is 6.24. The lowest BCUT2D eigenvalue weighted by molar-refractivity contribution is 1.39. The van der Waals surface area contributed by atoms with Crippen LogP contribution in [-0.4, -0.2) is 22.8 Å². The van der Waals surface area contributed by atoms with E-state index in [0.29, 0.717) is 0 Å². The van der Waals surface area contributed by atoms with Gasteiger partial charge in [0, 0.05) is 0 Å². The molecule has 0 heterocycles. The first-order valence-corrected chi connectivity index (χ1v) is 5.08. The molecule has 0 amide bonds. The molecule has 0 saturated heterocycles. The van der Waals surface area contributed by atoms with Gasteiger partial charge in [-0.2, -0.15) is 10.3 Å². The fraction of sp³-hybridized carbons (Fsp3) is 0.400. The highest BCUT2D eigenvalue weighted by Crippen LogP contribution is 2.09. The minimum Gasteiger partial charge on any atom is -0.367 e. The highest BCUT2D eigenvalue weighted by Gasteiger charge is 1.94. The van der Waals surface area contributed by atoms with Crippen LogP contribution in [0.5, 0.6) is 0 Å². The third-order valence-electron chi connectivity index (χ3n) is 0.720. The molecule has 0 aliphatic carbocycles. The maximum atomic E-state index is 8.09. The summed E-state index contributed by atoms with van der Waals surface area (Å²) < 4.78 is 0.793. The summed E-state index contributed by atoms with van der Waals surface area (Å²) in [6.07, 6.45) is 5.33. The van der Waals surface area contributed by atoms with Crippen molar-refractivity contribution in [3.05, 3.63) is 0 Å². The molecule has 0 aliphatic heterocycles. The molecule has 0 aromatic rings. The second-order valence-corrected chi connectivity index (χ2v) is 3.20. The summed E-state index contributed by atoms with van der Waals surface area (Å²) in [5.41, 5.74) is 5.25. The van der Waals surface area contributed by atoms with Crippen molar-refractivity contribution >= 4 is 33.9 Å². The Balaban J connectivity index is 4.29. The van der Waals surface area contributed by atoms with Crippen LogP contribution in [0.25, 0.3) is 0 Å². The zero-order chi connectivity index (χ0) is 8.69. The van der Waals surface area contributed by atoms with E-state index in [1.54, 1.807) is 6.19 Å². The molecule has 60 valence electrons. The Labute approximate surface area is 74.0 Å². The van der Waals surface area contributed by atoms with Gasteiger partial charge in [0.15, 0.2) is 0 Å². The molecule has 0 fully saturated rings. The van der Waals surface area contributed by atoms with Gasteiger partial charge in [-0.25, -0.2) is 0 Å². The Morgan fingerprint density at radius 2 is 2.00 bits per heavy atom. The lowest BCUT2D eigenvalue weighted by atomic mass is 11.0. The number of hydrogen-bond acceptors (Lipinski definition) is 4. The number of nitriles is 1. The average molecular weight is 188 g/mol. The third kappa shape index (κ3) is 4.70. The largest absolute Gasteiger partial charge is 0.367 e. The van der Waals surface area contributed by atoms with Crippen LogP contribution in [0.3, 0.4) is 0 Å². The van der Waals surface area contributed by atoms with Gasteiger partial charge in [-0.1, -0.05) is 0 Å². The van der Waals surface area contributed by atoms with E-state index in [9.17, 15) is 0 Å². The van der Waals surface area contributed by atoms with Crippen molar-refractivity contribution in [1.29, 1.82) is 5.26 Å². The van der Waals surface area contributed by atoms with Gasteiger partial charge in [0.05, 0.1) is 0 Å². The quantitative estimate of drug-likeness (QED) is 0.347. The lowest BCUT2D eigenvalue weighted by Crippen LogP contribution is -2.08. The van der Waals surface area contributed by atoms with Crippen LogP contribution in [0.4, 0.5) is 0 Å². The van der Waals surface area contributed by atoms with E-state index >= 15 is 0 Å². The van der Waals surface area contributed by atoms with Gasteiger partial charge >= 0.3 is 0 Å². The molecule has 0 aromatic carbocycles. The smallest absolute Gasteiger partial charge is 0.232 e. The van der Waals surface area contributed by atoms with E-state index in [2.05, 4.69) is 9.98 Å². The monoisotopic (exact) mass is 188 g/mol. The summed E-state index contributed by atoms with van der Waals surface area (Å²) in [6.45, 7) is 0. The van der Waals surface area contributed by atoms with Crippen LogP contribution < -0.4 is 5.73 Å². The van der Waals surface area contributed by atoms with Crippen molar-refractivity contribution in [1.82, 2.24) is 0 Å². The molecule has 0 aliphatic rings. The average Bonchev–Trinajstić information content (AvgIpc) is 2.01. The summed E-state index contributed by atoms with van der Waals surface area (Å²) in [5.74, 6) is 0.00574. The van der Waals surface area contributed by atoms with Gasteiger partial charge < -0.3 is 5.73 Å². The van der Waals surface area contributed by atoms with Gasteiger partial charge in [0.25, 0.3) is 0 Å². The number of thioether (sulfide) groups is 2. The lowest BCUT2D eigenvalue weighted by Gasteiger charge is -1.94. The molecule has 4 nitrogen and oxygen atoms in total. The number of nitrogens with two attached hydrogens (primary N) is 1. The molecule has 0 rings (SSSR count). The van der Waals surface area contributed by atoms with Gasteiger partial charge in [-0.05, 0) is 12.5 Å². The SMILES string of the molecule is CSC(=NC(N)=NC#N)SC. The first-order chi connectivity index (χ1) is 5.24. The van der Waals surface area contributed by atoms with Crippen molar-refractivity contribution in [3.63, 3.8) is 0 Å². The van der Waals surface area contributed by atoms with E-state index in [1.807, 2.05) is 12.5 Å². The fourth-order valence-electron chi connectivity index (χ4n) is 0.344. The van der Waals surface area contributed by atoms with Crippen molar-refractivity contribution in [2.24, 2.45) is 15.7 Å². The minimum atomic E-state index is 0.00574. The molecular formula is C5H8N4S2. The molecule has 0 spiro atoms. The van der Waals surface area contributed by atoms with Crippen LogP contribution in [0.2, 0.25) is 0 Å². The van der Waals surface area contributed by atoms with E-state index in [-0.39, 0.29) is 5.96 Å². The Kier molecular flexibility index (Phi) is 5.70. The summed E-state index contributed by atoms with van der Waals surface area (Å²) in [7, 11) is 0. The number of hydrogen-bond donors (Lipinski definition) is 1. The molecule has 0 aromatic heterocycles. The molecule has 0 saturated carbocycles. The summed E-state index contributed by atoms with van der Waals surface area (Å²) in [4.78, 5) is 7.10. The van der Waals surface area contributed by atoms with Crippen molar-refractivity contribution in [2.75, 3.05) is 12.5 Å². The van der Waals surface area contributed by atoms with Crippen LogP contribution in [0, 0.1) is 11.5 Å². The minimum absolute atomic E-state index is 0.00574. The second kappa shape index (κ2) is 6.07. The van der Waals surface area contributed by atoms with E-state index in [0.717, 1.165) is 4.38 Å². The Morgan fingerprint density at radius 3 is 2.36 bits per heavy atom. The summed E-state index contributed by atoms with van der Waals surface area (Å²) in [6, 6.07) is 0. The Hall–Kier alpha value is -0.670. The van der Waals surface area contributed by atoms with Crippen molar-refractivity contribution in [2.45, 2.75) is 0 Å². The maximum Gasteiger partial charge on any atom is 0.232 e. The van der Waals surface area contributed by atoms with Crippen molar-refractivity contribution in [3.8, 4) is 6.19 Å². The van der Waals surface area contributed by atoms with E-state index < -0.39 is 0 Å². The molecule has 11 heavy (non-hydrogen) atoms. The van der Waals surface area contributed by atoms with E-state index in [4.69, 9.17) is 11.0 Å². The van der Waals surface area contributed by atoms with Crippen LogP contribution >= 0.6 is 23.5 Å². The second-order valence-electron chi connectivity index (χ2n) is 1.36. The highest BCUT2D eigenvalue weighted by atomic mass is 32.2. The molecular weight excluding hydrogens is 180 g/mol. The molecule has 2 N–H and O–H groups in total. The van der Waals surface area contributed by atoms with Gasteiger partial charge in [-0.15, -0.1) is 28.5 Å². The van der Waals surface area contributed by atoms with Crippen LogP contribution in [0.1, 0.15) is 0 Å². The van der Waals surface area contributed by atoms with Gasteiger partial charge in [0.2, 0.25) is 12.2 Å². The van der Waals surface area contributed by atoms with Gasteiger partial charge in [-0.3, -0.25) is 0 Å². The highest BCUT2D eigenvalue weighted by molar-refractivity contribution is 8.38. The van der Waals surface area contributed by atoms with Crippen molar-refractivity contribution < 1.29 is 0 Å². The molecule has 0 radical (unpaired) electrons. The number of nitrogens with zero attached hydrogens (tertiary/aromatic N) is 3. The maximum absolute atomic E-state index is 8.09. The summed E-state index contributed by atoms with van der Waals surface area (Å²) in [5, 5.41) is 8.09. The Morgan fingerprint density at radius 1 is 1.45 bits per heavy atom. The topological polar surface area (TPSA) is 74.5 Å². The predicted molar refractivity (Wildman–Crippen MR) is 51.7 cm³/mol. The molecule has 0 atom stereocenters. The van der Waals surface area contributed by atoms with Gasteiger partial charge in [0.1, 0.15) is 4.38 Å². The molecule has 6 heteroatoms. The van der Waals surface area contributed by atoms with E-state index in [1.165, 1.54) is 23.5 Å². The number of guanidine groups is 1.